The molecule has 8 nitrogen and oxygen atoms in total. The largest absolute Gasteiger partial charge is 2.00 e. The second-order valence-electron chi connectivity index (χ2n) is 16.0. The van der Waals surface area contributed by atoms with Crippen molar-refractivity contribution < 1.29 is 17.1 Å². The van der Waals surface area contributed by atoms with Crippen LogP contribution in [0.1, 0.15) is 0 Å². The Hall–Kier alpha value is -8.36. The summed E-state index contributed by atoms with van der Waals surface area (Å²) in [5, 5.41) is 3.41. The Labute approximate surface area is 383 Å². The monoisotopic (exact) mass is 879 g/mol. The molecule has 8 bridgehead atoms. The van der Waals surface area contributed by atoms with E-state index in [9.17, 15) is 0 Å². The first kappa shape index (κ1) is 38.3. The van der Waals surface area contributed by atoms with Gasteiger partial charge in [0.2, 0.25) is 0 Å². The van der Waals surface area contributed by atoms with Crippen molar-refractivity contribution in [1.82, 2.24) is 39.9 Å². The third-order valence-corrected chi connectivity index (χ3v) is 12.1. The van der Waals surface area contributed by atoms with Crippen molar-refractivity contribution in [3.63, 3.8) is 0 Å². The third kappa shape index (κ3) is 6.61. The summed E-state index contributed by atoms with van der Waals surface area (Å²) in [6.07, 6.45) is 0. The van der Waals surface area contributed by atoms with Crippen molar-refractivity contribution in [2.24, 2.45) is 0 Å². The first-order valence-electron chi connectivity index (χ1n) is 21.2. The molecule has 0 amide bonds. The van der Waals surface area contributed by atoms with Gasteiger partial charge in [-0.1, -0.05) is 170 Å². The quantitative estimate of drug-likeness (QED) is 0.161. The van der Waals surface area contributed by atoms with E-state index in [1.165, 1.54) is 0 Å². The van der Waals surface area contributed by atoms with Gasteiger partial charge in [-0.15, -0.1) is 0 Å². The first-order chi connectivity index (χ1) is 31.7. The summed E-state index contributed by atoms with van der Waals surface area (Å²) in [6.45, 7) is 0. The number of rotatable bonds is 4. The molecule has 0 spiro atoms. The van der Waals surface area contributed by atoms with Crippen LogP contribution in [0.5, 0.6) is 0 Å². The summed E-state index contributed by atoms with van der Waals surface area (Å²) in [6, 6.07) is 66.7. The zero-order valence-corrected chi connectivity index (χ0v) is 35.3. The molecule has 307 valence electrons. The van der Waals surface area contributed by atoms with Gasteiger partial charge >= 0.3 is 17.1 Å². The molecule has 0 N–H and O–H groups in total. The van der Waals surface area contributed by atoms with Crippen molar-refractivity contribution >= 4 is 44.1 Å². The maximum Gasteiger partial charge on any atom is 2.00 e. The molecule has 2 aliphatic heterocycles. The molecule has 1 radical (unpaired) electrons. The van der Waals surface area contributed by atoms with E-state index < -0.39 is 0 Å². The topological polar surface area (TPSA) is 106 Å². The molecule has 9 heteroatoms. The Bertz CT molecular complexity index is 3580. The van der Waals surface area contributed by atoms with Crippen LogP contribution in [0.4, 0.5) is 0 Å². The van der Waals surface area contributed by atoms with Crippen molar-refractivity contribution in [2.45, 2.75) is 0 Å². The maximum atomic E-state index is 5.29. The number of aromatic nitrogens is 8. The summed E-state index contributed by atoms with van der Waals surface area (Å²) in [4.78, 5) is 41.9. The van der Waals surface area contributed by atoms with Crippen LogP contribution in [0.2, 0.25) is 0 Å². The van der Waals surface area contributed by atoms with Gasteiger partial charge < -0.3 is 29.9 Å². The van der Waals surface area contributed by atoms with Gasteiger partial charge in [0.25, 0.3) is 0 Å². The van der Waals surface area contributed by atoms with Gasteiger partial charge in [0.1, 0.15) is 0 Å². The van der Waals surface area contributed by atoms with E-state index in [1.54, 1.807) is 0 Å². The average molecular weight is 880 g/mol. The van der Waals surface area contributed by atoms with Gasteiger partial charge in [-0.25, -0.2) is 9.97 Å². The molecule has 0 atom stereocenters. The van der Waals surface area contributed by atoms with Gasteiger partial charge in [-0.2, -0.15) is 0 Å². The summed E-state index contributed by atoms with van der Waals surface area (Å²) in [7, 11) is 0. The van der Waals surface area contributed by atoms with E-state index in [1.807, 2.05) is 72.8 Å². The van der Waals surface area contributed by atoms with Crippen molar-refractivity contribution in [3.05, 3.63) is 194 Å². The molecular weight excluding hydrogens is 848 g/mol. The minimum absolute atomic E-state index is 0. The van der Waals surface area contributed by atoms with E-state index in [0.29, 0.717) is 45.9 Å². The van der Waals surface area contributed by atoms with Crippen LogP contribution in [0, 0.1) is 0 Å². The fraction of sp³-hybridized carbons (Fsp3) is 0. The van der Waals surface area contributed by atoms with Crippen molar-refractivity contribution in [2.75, 3.05) is 0 Å². The predicted molar refractivity (Wildman–Crippen MR) is 256 cm³/mol. The van der Waals surface area contributed by atoms with Crippen molar-refractivity contribution in [3.8, 4) is 90.1 Å². The molecule has 8 aromatic carbocycles. The minimum Gasteiger partial charge on any atom is -0.357 e. The summed E-state index contributed by atoms with van der Waals surface area (Å²) >= 11 is 0. The van der Waals surface area contributed by atoms with Crippen LogP contribution in [-0.4, -0.2) is 29.9 Å². The van der Waals surface area contributed by atoms with E-state index in [2.05, 4.69) is 121 Å². The van der Waals surface area contributed by atoms with E-state index >= 15 is 0 Å². The van der Waals surface area contributed by atoms with Gasteiger partial charge in [0, 0.05) is 44.8 Å². The van der Waals surface area contributed by atoms with Gasteiger partial charge in [-0.3, -0.25) is 0 Å². The zero-order valence-electron chi connectivity index (χ0n) is 34.4. The van der Waals surface area contributed by atoms with Crippen LogP contribution in [0.25, 0.3) is 134 Å². The molecule has 0 saturated heterocycles. The molecule has 13 rings (SSSR count). The minimum atomic E-state index is 0. The Morgan fingerprint density at radius 1 is 0.231 bits per heavy atom. The molecule has 5 heterocycles. The van der Waals surface area contributed by atoms with Crippen LogP contribution in [0.15, 0.2) is 194 Å². The second kappa shape index (κ2) is 15.5. The number of hydrogen-bond acceptors (Lipinski definition) is 6. The van der Waals surface area contributed by atoms with E-state index in [-0.39, 0.29) is 17.1 Å². The Balaban J connectivity index is 0.00000444. The number of hydrogen-bond donors (Lipinski definition) is 0. The van der Waals surface area contributed by atoms with Crippen LogP contribution < -0.4 is 9.97 Å². The molecular formula is C56H32CuN8. The van der Waals surface area contributed by atoms with Crippen molar-refractivity contribution in [1.29, 1.82) is 0 Å². The summed E-state index contributed by atoms with van der Waals surface area (Å²) in [5.74, 6) is 2.04. The van der Waals surface area contributed by atoms with Crippen LogP contribution in [0.3, 0.4) is 0 Å². The smallest absolute Gasteiger partial charge is 0.357 e. The standard InChI is InChI=1S/C56H32N8.Cu/c1-5-13-33(14-6-1)37-21-25-41-45(29-37)53-57-49(41)62-54-47-31-39(35-17-9-3-10-18-35)23-27-43(47)51(59-54)64-56-48-32-40(36-19-11-4-12-20-36)24-28-44(48)52(60-56)63-55-46-30-38(34-15-7-2-8-16-34)22-26-42(46)50(58-55)61-53;/h1-32H;/q-2;+2. The average Bonchev–Trinajstić information content (AvgIpc) is 4.10. The molecule has 11 aromatic rings. The molecule has 0 fully saturated rings. The van der Waals surface area contributed by atoms with E-state index in [0.717, 1.165) is 88.3 Å². The molecule has 0 aliphatic carbocycles. The van der Waals surface area contributed by atoms with Crippen LogP contribution in [-0.2, 0) is 17.1 Å². The normalized spacial score (nSPS) is 11.6. The Morgan fingerprint density at radius 3 is 0.877 bits per heavy atom. The molecule has 0 unspecified atom stereocenters. The fourth-order valence-electron chi connectivity index (χ4n) is 8.90. The number of benzene rings is 8. The molecule has 65 heavy (non-hydrogen) atoms. The van der Waals surface area contributed by atoms with Crippen LogP contribution >= 0.6 is 0 Å². The maximum absolute atomic E-state index is 5.29. The van der Waals surface area contributed by atoms with Gasteiger partial charge in [-0.05, 0) is 90.3 Å². The SMILES string of the molecule is [Cu+2].c1ccc(-c2ccc3c(c2)-c2nc-3nc3[n-]c(nc4nc(nc5[n-]c(n2)c2ccc(-c6ccccc6)cc52)-c2ccc(-c5ccccc5)cc2-4)c2ccc(-c4ccccc4)cc32)cc1. The molecule has 3 aromatic heterocycles. The first-order valence-corrected chi connectivity index (χ1v) is 21.2. The van der Waals surface area contributed by atoms with Gasteiger partial charge in [0.15, 0.2) is 0 Å². The molecule has 0 saturated carbocycles. The molecule has 2 aliphatic rings. The third-order valence-electron chi connectivity index (χ3n) is 12.1. The van der Waals surface area contributed by atoms with Gasteiger partial charge in [0.05, 0.1) is 23.3 Å². The Morgan fingerprint density at radius 2 is 0.523 bits per heavy atom. The van der Waals surface area contributed by atoms with E-state index in [4.69, 9.17) is 39.9 Å². The zero-order chi connectivity index (χ0) is 42.1. The summed E-state index contributed by atoms with van der Waals surface area (Å²) in [5.41, 5.74) is 14.0. The fourth-order valence-corrected chi connectivity index (χ4v) is 8.90. The number of nitrogens with zero attached hydrogens (tertiary/aromatic N) is 8. The summed E-state index contributed by atoms with van der Waals surface area (Å²) < 4.78 is 0. The predicted octanol–water partition coefficient (Wildman–Crippen LogP) is 12.8. The Kier molecular flexibility index (Phi) is 9.12. The second-order valence-corrected chi connectivity index (χ2v) is 16.0. The number of fused-ring (bicyclic) bond motifs is 20.